The predicted octanol–water partition coefficient (Wildman–Crippen LogP) is 0.715. The van der Waals surface area contributed by atoms with Crippen LogP contribution in [0.2, 0.25) is 0 Å². The van der Waals surface area contributed by atoms with E-state index in [0.29, 0.717) is 31.0 Å². The Balaban J connectivity index is 1.71. The second kappa shape index (κ2) is 5.27. The van der Waals surface area contributed by atoms with E-state index in [-0.39, 0.29) is 29.3 Å². The molecule has 2 aliphatic rings. The average Bonchev–Trinajstić information content (AvgIpc) is 2.49. The number of piperidine rings is 2. The molecule has 2 heterocycles. The summed E-state index contributed by atoms with van der Waals surface area (Å²) >= 11 is 0. The number of nitrogens with zero attached hydrogens (tertiary/aromatic N) is 1. The number of phenolic OH excluding ortho intramolecular Hbond substituents is 1. The van der Waals surface area contributed by atoms with E-state index in [9.17, 15) is 14.7 Å². The summed E-state index contributed by atoms with van der Waals surface area (Å²) < 4.78 is 0. The van der Waals surface area contributed by atoms with Crippen molar-refractivity contribution in [3.8, 4) is 5.75 Å². The molecule has 2 amide bonds. The third-order valence-electron chi connectivity index (χ3n) is 4.39. The molecule has 2 fully saturated rings. The SMILES string of the molecule is Nc1ccc(C(=O)N2CCC3NC(=O)CCC3C2)cc1O. The summed E-state index contributed by atoms with van der Waals surface area (Å²) in [7, 11) is 0. The lowest BCUT2D eigenvalue weighted by Gasteiger charge is -2.41. The number of fused-ring (bicyclic) bond motifs is 1. The molecule has 0 aliphatic carbocycles. The molecule has 1 aromatic rings. The summed E-state index contributed by atoms with van der Waals surface area (Å²) in [5.41, 5.74) is 6.26. The third-order valence-corrected chi connectivity index (χ3v) is 4.39. The van der Waals surface area contributed by atoms with Gasteiger partial charge >= 0.3 is 0 Å². The van der Waals surface area contributed by atoms with Crippen LogP contribution in [-0.4, -0.2) is 41.0 Å². The van der Waals surface area contributed by atoms with Gasteiger partial charge in [0.2, 0.25) is 5.91 Å². The summed E-state index contributed by atoms with van der Waals surface area (Å²) in [5, 5.41) is 12.6. The van der Waals surface area contributed by atoms with Gasteiger partial charge in [0.25, 0.3) is 5.91 Å². The minimum absolute atomic E-state index is 0.0688. The van der Waals surface area contributed by atoms with Crippen LogP contribution in [0.1, 0.15) is 29.6 Å². The van der Waals surface area contributed by atoms with E-state index >= 15 is 0 Å². The van der Waals surface area contributed by atoms with Gasteiger partial charge in [0, 0.05) is 31.1 Å². The molecule has 6 heteroatoms. The van der Waals surface area contributed by atoms with E-state index in [2.05, 4.69) is 5.32 Å². The zero-order valence-electron chi connectivity index (χ0n) is 11.7. The molecule has 21 heavy (non-hydrogen) atoms. The van der Waals surface area contributed by atoms with Crippen molar-refractivity contribution in [3.05, 3.63) is 23.8 Å². The Bertz CT molecular complexity index is 588. The molecule has 0 radical (unpaired) electrons. The van der Waals surface area contributed by atoms with Gasteiger partial charge in [-0.05, 0) is 37.0 Å². The molecule has 4 N–H and O–H groups in total. The Hall–Kier alpha value is -2.24. The maximum Gasteiger partial charge on any atom is 0.254 e. The molecule has 0 aromatic heterocycles. The second-order valence-corrected chi connectivity index (χ2v) is 5.79. The standard InChI is InChI=1S/C15H19N3O3/c16-11-3-1-9(7-13(11)19)15(21)18-6-5-12-10(8-18)2-4-14(20)17-12/h1,3,7,10,12,19H,2,4-6,8,16H2,(H,17,20). The van der Waals surface area contributed by atoms with Crippen molar-refractivity contribution >= 4 is 17.5 Å². The summed E-state index contributed by atoms with van der Waals surface area (Å²) in [6.07, 6.45) is 2.14. The summed E-state index contributed by atoms with van der Waals surface area (Å²) in [4.78, 5) is 25.7. The minimum atomic E-state index is -0.0966. The van der Waals surface area contributed by atoms with Crippen molar-refractivity contribution in [2.75, 3.05) is 18.8 Å². The molecule has 3 rings (SSSR count). The Morgan fingerprint density at radius 3 is 2.95 bits per heavy atom. The number of anilines is 1. The maximum atomic E-state index is 12.5. The number of benzene rings is 1. The van der Waals surface area contributed by atoms with Crippen LogP contribution in [0.3, 0.4) is 0 Å². The van der Waals surface area contributed by atoms with E-state index in [1.54, 1.807) is 11.0 Å². The van der Waals surface area contributed by atoms with Crippen LogP contribution in [-0.2, 0) is 4.79 Å². The van der Waals surface area contributed by atoms with Gasteiger partial charge in [-0.2, -0.15) is 0 Å². The van der Waals surface area contributed by atoms with Gasteiger partial charge in [0.05, 0.1) is 5.69 Å². The Kier molecular flexibility index (Phi) is 3.45. The number of hydrogen-bond donors (Lipinski definition) is 3. The number of likely N-dealkylation sites (tertiary alicyclic amines) is 1. The van der Waals surface area contributed by atoms with Gasteiger partial charge in [-0.15, -0.1) is 0 Å². The third kappa shape index (κ3) is 2.66. The van der Waals surface area contributed by atoms with Gasteiger partial charge in [0.1, 0.15) is 5.75 Å². The molecular weight excluding hydrogens is 270 g/mol. The number of phenols is 1. The number of rotatable bonds is 1. The van der Waals surface area contributed by atoms with Crippen molar-refractivity contribution in [2.24, 2.45) is 5.92 Å². The fourth-order valence-electron chi connectivity index (χ4n) is 3.15. The van der Waals surface area contributed by atoms with Crippen LogP contribution in [0.4, 0.5) is 5.69 Å². The summed E-state index contributed by atoms with van der Waals surface area (Å²) in [6, 6.07) is 4.77. The number of carbonyl (C=O) groups is 2. The lowest BCUT2D eigenvalue weighted by atomic mass is 9.85. The van der Waals surface area contributed by atoms with Gasteiger partial charge in [-0.1, -0.05) is 0 Å². The Labute approximate surface area is 122 Å². The second-order valence-electron chi connectivity index (χ2n) is 5.79. The highest BCUT2D eigenvalue weighted by atomic mass is 16.3. The van der Waals surface area contributed by atoms with Crippen LogP contribution < -0.4 is 11.1 Å². The first-order chi connectivity index (χ1) is 10.0. The highest BCUT2D eigenvalue weighted by Gasteiger charge is 2.35. The van der Waals surface area contributed by atoms with Crippen molar-refractivity contribution in [1.82, 2.24) is 10.2 Å². The van der Waals surface area contributed by atoms with Crippen molar-refractivity contribution in [1.29, 1.82) is 0 Å². The minimum Gasteiger partial charge on any atom is -0.506 e. The van der Waals surface area contributed by atoms with Crippen molar-refractivity contribution < 1.29 is 14.7 Å². The van der Waals surface area contributed by atoms with E-state index in [4.69, 9.17) is 5.73 Å². The normalized spacial score (nSPS) is 25.1. The number of aromatic hydroxyl groups is 1. The zero-order valence-corrected chi connectivity index (χ0v) is 11.7. The molecule has 0 saturated carbocycles. The lowest BCUT2D eigenvalue weighted by Crippen LogP contribution is -2.55. The molecule has 6 nitrogen and oxygen atoms in total. The van der Waals surface area contributed by atoms with E-state index in [0.717, 1.165) is 12.8 Å². The van der Waals surface area contributed by atoms with E-state index < -0.39 is 0 Å². The number of hydrogen-bond acceptors (Lipinski definition) is 4. The van der Waals surface area contributed by atoms with Crippen LogP contribution in [0.15, 0.2) is 18.2 Å². The molecule has 2 aliphatic heterocycles. The average molecular weight is 289 g/mol. The van der Waals surface area contributed by atoms with Crippen LogP contribution in [0, 0.1) is 5.92 Å². The van der Waals surface area contributed by atoms with Gasteiger partial charge in [-0.25, -0.2) is 0 Å². The van der Waals surface area contributed by atoms with E-state index in [1.807, 2.05) is 0 Å². The van der Waals surface area contributed by atoms with Gasteiger partial charge < -0.3 is 21.1 Å². The van der Waals surface area contributed by atoms with Crippen LogP contribution in [0.5, 0.6) is 5.75 Å². The van der Waals surface area contributed by atoms with Gasteiger partial charge in [-0.3, -0.25) is 9.59 Å². The molecule has 2 atom stereocenters. The number of nitrogen functional groups attached to an aromatic ring is 1. The molecule has 0 spiro atoms. The maximum absolute atomic E-state index is 12.5. The Morgan fingerprint density at radius 1 is 1.38 bits per heavy atom. The fraction of sp³-hybridized carbons (Fsp3) is 0.467. The fourth-order valence-corrected chi connectivity index (χ4v) is 3.15. The lowest BCUT2D eigenvalue weighted by molar-refractivity contribution is -0.125. The molecule has 1 aromatic carbocycles. The molecule has 0 bridgehead atoms. The summed E-state index contributed by atoms with van der Waals surface area (Å²) in [5.74, 6) is 0.267. The largest absolute Gasteiger partial charge is 0.506 e. The first-order valence-electron chi connectivity index (χ1n) is 7.21. The Morgan fingerprint density at radius 2 is 2.19 bits per heavy atom. The number of carbonyl (C=O) groups excluding carboxylic acids is 2. The highest BCUT2D eigenvalue weighted by molar-refractivity contribution is 5.95. The number of nitrogens with two attached hydrogens (primary N) is 1. The van der Waals surface area contributed by atoms with Crippen molar-refractivity contribution in [3.63, 3.8) is 0 Å². The predicted molar refractivity (Wildman–Crippen MR) is 77.7 cm³/mol. The molecule has 2 saturated heterocycles. The zero-order chi connectivity index (χ0) is 15.0. The van der Waals surface area contributed by atoms with Crippen molar-refractivity contribution in [2.45, 2.75) is 25.3 Å². The smallest absolute Gasteiger partial charge is 0.254 e. The highest BCUT2D eigenvalue weighted by Crippen LogP contribution is 2.27. The molecule has 2 unspecified atom stereocenters. The van der Waals surface area contributed by atoms with Crippen LogP contribution in [0.25, 0.3) is 0 Å². The molecule has 112 valence electrons. The summed E-state index contributed by atoms with van der Waals surface area (Å²) in [6.45, 7) is 1.26. The van der Waals surface area contributed by atoms with Crippen LogP contribution >= 0.6 is 0 Å². The monoisotopic (exact) mass is 289 g/mol. The van der Waals surface area contributed by atoms with Gasteiger partial charge in [0.15, 0.2) is 0 Å². The molecular formula is C15H19N3O3. The first-order valence-corrected chi connectivity index (χ1v) is 7.21. The quantitative estimate of drug-likeness (QED) is 0.524. The topological polar surface area (TPSA) is 95.7 Å². The van der Waals surface area contributed by atoms with E-state index in [1.165, 1.54) is 12.1 Å². The number of amides is 2. The first kappa shape index (κ1) is 13.7. The number of nitrogens with one attached hydrogen (secondary N) is 1.